The third kappa shape index (κ3) is 2.31. The highest BCUT2D eigenvalue weighted by molar-refractivity contribution is 5.84. The molecule has 0 spiro atoms. The second kappa shape index (κ2) is 4.90. The van der Waals surface area contributed by atoms with Gasteiger partial charge in [-0.2, -0.15) is 5.10 Å². The van der Waals surface area contributed by atoms with Crippen LogP contribution in [0.15, 0.2) is 45.7 Å². The molecule has 2 heterocycles. The summed E-state index contributed by atoms with van der Waals surface area (Å²) in [6.45, 7) is 1.83. The first-order valence-electron chi connectivity index (χ1n) is 6.34. The number of carbonyl (C=O) groups is 1. The summed E-state index contributed by atoms with van der Waals surface area (Å²) >= 11 is 0. The van der Waals surface area contributed by atoms with Gasteiger partial charge in [0.15, 0.2) is 0 Å². The average molecular weight is 284 g/mol. The molecule has 0 radical (unpaired) electrons. The first-order chi connectivity index (χ1) is 10.1. The lowest BCUT2D eigenvalue weighted by Crippen LogP contribution is -2.23. The maximum Gasteiger partial charge on any atom is 0.371 e. The summed E-state index contributed by atoms with van der Waals surface area (Å²) in [5.41, 5.74) is 0.405. The summed E-state index contributed by atoms with van der Waals surface area (Å²) in [5.74, 6) is -0.811. The van der Waals surface area contributed by atoms with Gasteiger partial charge in [0, 0.05) is 10.9 Å². The van der Waals surface area contributed by atoms with Crippen LogP contribution in [0.5, 0.6) is 0 Å². The Balaban J connectivity index is 2.04. The summed E-state index contributed by atoms with van der Waals surface area (Å²) in [7, 11) is 0. The summed E-state index contributed by atoms with van der Waals surface area (Å²) in [6.07, 6.45) is 1.62. The minimum atomic E-state index is -1.14. The Hall–Kier alpha value is -2.89. The zero-order valence-corrected chi connectivity index (χ0v) is 11.2. The van der Waals surface area contributed by atoms with Gasteiger partial charge in [0.05, 0.1) is 18.1 Å². The third-order valence-electron chi connectivity index (χ3n) is 3.31. The molecule has 21 heavy (non-hydrogen) atoms. The molecule has 0 unspecified atom stereocenters. The normalized spacial score (nSPS) is 10.9. The number of aromatic nitrogens is 2. The number of rotatable bonds is 3. The maximum absolute atomic E-state index is 12.3. The molecule has 3 aromatic rings. The van der Waals surface area contributed by atoms with Crippen LogP contribution in [0.4, 0.5) is 0 Å². The second-order valence-electron chi connectivity index (χ2n) is 4.69. The number of benzene rings is 1. The summed E-state index contributed by atoms with van der Waals surface area (Å²) < 4.78 is 6.43. The van der Waals surface area contributed by atoms with E-state index in [2.05, 4.69) is 5.10 Å². The van der Waals surface area contributed by atoms with Gasteiger partial charge in [-0.15, -0.1) is 0 Å². The zero-order chi connectivity index (χ0) is 15.0. The van der Waals surface area contributed by atoms with Crippen LogP contribution in [0.3, 0.4) is 0 Å². The molecule has 3 rings (SSSR count). The van der Waals surface area contributed by atoms with Crippen molar-refractivity contribution in [1.82, 2.24) is 9.78 Å². The molecule has 6 heteroatoms. The van der Waals surface area contributed by atoms with Crippen molar-refractivity contribution in [3.8, 4) is 0 Å². The summed E-state index contributed by atoms with van der Waals surface area (Å²) in [6, 6.07) is 8.61. The number of carboxylic acids is 1. The Labute approximate surface area is 119 Å². The topological polar surface area (TPSA) is 85.3 Å². The number of nitrogens with zero attached hydrogens (tertiary/aromatic N) is 2. The standard InChI is InChI=1S/C15H12N2O4/c1-9-11(6-13(21-9)15(19)20)8-17-14(18)12-5-3-2-4-10(12)7-16-17/h2-7H,8H2,1H3,(H,19,20). The number of aromatic carboxylic acids is 1. The van der Waals surface area contributed by atoms with Gasteiger partial charge in [-0.05, 0) is 19.1 Å². The van der Waals surface area contributed by atoms with Gasteiger partial charge < -0.3 is 9.52 Å². The number of aryl methyl sites for hydroxylation is 1. The van der Waals surface area contributed by atoms with Crippen molar-refractivity contribution in [2.75, 3.05) is 0 Å². The molecule has 1 N–H and O–H groups in total. The fraction of sp³-hybridized carbons (Fsp3) is 0.133. The van der Waals surface area contributed by atoms with Crippen LogP contribution >= 0.6 is 0 Å². The monoisotopic (exact) mass is 284 g/mol. The van der Waals surface area contributed by atoms with Gasteiger partial charge >= 0.3 is 5.97 Å². The average Bonchev–Trinajstić information content (AvgIpc) is 2.84. The molecule has 0 saturated carbocycles. The van der Waals surface area contributed by atoms with E-state index in [0.717, 1.165) is 5.39 Å². The van der Waals surface area contributed by atoms with Gasteiger partial charge in [0.1, 0.15) is 5.76 Å². The van der Waals surface area contributed by atoms with Crippen LogP contribution in [-0.4, -0.2) is 20.9 Å². The highest BCUT2D eigenvalue weighted by atomic mass is 16.4. The Bertz CT molecular complexity index is 892. The number of fused-ring (bicyclic) bond motifs is 1. The fourth-order valence-electron chi connectivity index (χ4n) is 2.18. The van der Waals surface area contributed by atoms with Crippen molar-refractivity contribution >= 4 is 16.7 Å². The second-order valence-corrected chi connectivity index (χ2v) is 4.69. The zero-order valence-electron chi connectivity index (χ0n) is 11.2. The molecule has 6 nitrogen and oxygen atoms in total. The molecular formula is C15H12N2O4. The molecule has 2 aromatic heterocycles. The van der Waals surface area contributed by atoms with Crippen molar-refractivity contribution in [2.24, 2.45) is 0 Å². The molecule has 106 valence electrons. The molecule has 0 aliphatic carbocycles. The quantitative estimate of drug-likeness (QED) is 0.795. The number of hydrogen-bond donors (Lipinski definition) is 1. The first kappa shape index (κ1) is 13.1. The van der Waals surface area contributed by atoms with E-state index in [0.29, 0.717) is 16.7 Å². The third-order valence-corrected chi connectivity index (χ3v) is 3.31. The number of furan rings is 1. The highest BCUT2D eigenvalue weighted by Gasteiger charge is 2.14. The first-order valence-corrected chi connectivity index (χ1v) is 6.34. The van der Waals surface area contributed by atoms with E-state index in [1.165, 1.54) is 10.7 Å². The van der Waals surface area contributed by atoms with Crippen LogP contribution in [0.25, 0.3) is 10.8 Å². The molecule has 0 saturated heterocycles. The Morgan fingerprint density at radius 1 is 1.38 bits per heavy atom. The Kier molecular flexibility index (Phi) is 3.06. The Morgan fingerprint density at radius 3 is 2.86 bits per heavy atom. The van der Waals surface area contributed by atoms with Crippen LogP contribution in [0.2, 0.25) is 0 Å². The van der Waals surface area contributed by atoms with Gasteiger partial charge in [0.25, 0.3) is 5.56 Å². The van der Waals surface area contributed by atoms with Crippen LogP contribution in [0.1, 0.15) is 21.9 Å². The predicted molar refractivity (Wildman–Crippen MR) is 75.5 cm³/mol. The van der Waals surface area contributed by atoms with Crippen LogP contribution < -0.4 is 5.56 Å². The van der Waals surface area contributed by atoms with Gasteiger partial charge in [-0.3, -0.25) is 4.79 Å². The minimum absolute atomic E-state index is 0.142. The lowest BCUT2D eigenvalue weighted by atomic mass is 10.2. The summed E-state index contributed by atoms with van der Waals surface area (Å²) in [4.78, 5) is 23.2. The van der Waals surface area contributed by atoms with E-state index in [-0.39, 0.29) is 17.9 Å². The van der Waals surface area contributed by atoms with E-state index in [1.54, 1.807) is 25.3 Å². The molecule has 0 aliphatic heterocycles. The van der Waals surface area contributed by atoms with Crippen molar-refractivity contribution in [3.05, 3.63) is 64.0 Å². The molecule has 0 bridgehead atoms. The summed E-state index contributed by atoms with van der Waals surface area (Å²) in [5, 5.41) is 14.4. The Morgan fingerprint density at radius 2 is 2.14 bits per heavy atom. The molecular weight excluding hydrogens is 272 g/mol. The molecule has 1 aromatic carbocycles. The van der Waals surface area contributed by atoms with Crippen LogP contribution in [0, 0.1) is 6.92 Å². The van der Waals surface area contributed by atoms with Crippen molar-refractivity contribution in [1.29, 1.82) is 0 Å². The van der Waals surface area contributed by atoms with Gasteiger partial charge in [-0.1, -0.05) is 18.2 Å². The van der Waals surface area contributed by atoms with Crippen molar-refractivity contribution in [3.63, 3.8) is 0 Å². The molecule has 0 fully saturated rings. The lowest BCUT2D eigenvalue weighted by molar-refractivity contribution is 0.0661. The largest absolute Gasteiger partial charge is 0.475 e. The fourth-order valence-corrected chi connectivity index (χ4v) is 2.18. The predicted octanol–water partition coefficient (Wildman–Crippen LogP) is 2.04. The maximum atomic E-state index is 12.3. The number of carboxylic acid groups (broad SMARTS) is 1. The van der Waals surface area contributed by atoms with E-state index in [1.807, 2.05) is 12.1 Å². The molecule has 0 atom stereocenters. The highest BCUT2D eigenvalue weighted by Crippen LogP contribution is 2.15. The van der Waals surface area contributed by atoms with Gasteiger partial charge in [-0.25, -0.2) is 9.48 Å². The number of hydrogen-bond acceptors (Lipinski definition) is 4. The van der Waals surface area contributed by atoms with Crippen molar-refractivity contribution in [2.45, 2.75) is 13.5 Å². The van der Waals surface area contributed by atoms with E-state index < -0.39 is 5.97 Å². The van der Waals surface area contributed by atoms with Gasteiger partial charge in [0.2, 0.25) is 5.76 Å². The molecule has 0 amide bonds. The molecule has 0 aliphatic rings. The SMILES string of the molecule is Cc1oc(C(=O)O)cc1Cn1ncc2ccccc2c1=O. The smallest absolute Gasteiger partial charge is 0.371 e. The van der Waals surface area contributed by atoms with Crippen molar-refractivity contribution < 1.29 is 14.3 Å². The van der Waals surface area contributed by atoms with E-state index in [9.17, 15) is 9.59 Å². The lowest BCUT2D eigenvalue weighted by Gasteiger charge is -2.04. The minimum Gasteiger partial charge on any atom is -0.475 e. The van der Waals surface area contributed by atoms with E-state index in [4.69, 9.17) is 9.52 Å². The van der Waals surface area contributed by atoms with E-state index >= 15 is 0 Å². The van der Waals surface area contributed by atoms with Crippen LogP contribution in [-0.2, 0) is 6.54 Å².